The van der Waals surface area contributed by atoms with Crippen LogP contribution < -0.4 is 16.0 Å². The highest BCUT2D eigenvalue weighted by Crippen LogP contribution is 2.21. The second-order valence-electron chi connectivity index (χ2n) is 10.3. The van der Waals surface area contributed by atoms with E-state index in [-0.39, 0.29) is 17.9 Å². The van der Waals surface area contributed by atoms with Gasteiger partial charge >= 0.3 is 0 Å². The molecule has 9 nitrogen and oxygen atoms in total. The number of hydrogen-bond donors (Lipinski definition) is 4. The van der Waals surface area contributed by atoms with Crippen LogP contribution in [0.3, 0.4) is 0 Å². The molecule has 1 aromatic carbocycles. The number of aliphatic hydroxyl groups excluding tert-OH is 1. The van der Waals surface area contributed by atoms with Gasteiger partial charge in [0.2, 0.25) is 23.6 Å². The minimum Gasteiger partial charge on any atom is -0.393 e. The molecule has 1 aromatic rings. The lowest BCUT2D eigenvalue weighted by Crippen LogP contribution is -2.63. The maximum absolute atomic E-state index is 13.7. The number of piperidine rings is 1. The number of unbranched alkanes of at least 4 members (excludes halogenated alkanes) is 2. The van der Waals surface area contributed by atoms with Crippen molar-refractivity contribution in [3.8, 4) is 0 Å². The van der Waals surface area contributed by atoms with E-state index in [2.05, 4.69) is 16.0 Å². The van der Waals surface area contributed by atoms with Gasteiger partial charge in [0.25, 0.3) is 0 Å². The summed E-state index contributed by atoms with van der Waals surface area (Å²) in [5.41, 5.74) is 0.898. The second-order valence-corrected chi connectivity index (χ2v) is 10.3. The number of nitrogens with zero attached hydrogens (tertiary/aromatic N) is 1. The summed E-state index contributed by atoms with van der Waals surface area (Å²) < 4.78 is 0. The lowest BCUT2D eigenvalue weighted by Gasteiger charge is -2.38. The first-order chi connectivity index (χ1) is 17.8. The zero-order chi connectivity index (χ0) is 26.8. The van der Waals surface area contributed by atoms with Crippen LogP contribution in [0.1, 0.15) is 77.2 Å². The Kier molecular flexibility index (Phi) is 10.9. The largest absolute Gasteiger partial charge is 0.393 e. The number of carbonyl (C=O) groups is 4. The third kappa shape index (κ3) is 8.28. The Balaban J connectivity index is 1.77. The van der Waals surface area contributed by atoms with Crippen LogP contribution in [0.5, 0.6) is 0 Å². The standard InChI is InChI=1S/C28H42N4O5/c1-3-21(33)14-8-5-9-15-22-26(35)29-19(2)25(34)31-23(18-20-12-6-4-7-13-20)28(37)32-17-11-10-16-24(32)27(36)30-22/h4,6-7,12-13,19,21-24,33H,3,5,8-11,14-18H2,1-2H3,(H,29,35)(H,30,36)(H,31,34)/t19-,21+,22-,23-,24+/m0/s1. The molecule has 2 saturated heterocycles. The van der Waals surface area contributed by atoms with Gasteiger partial charge in [0, 0.05) is 13.0 Å². The summed E-state index contributed by atoms with van der Waals surface area (Å²) in [6.45, 7) is 3.96. The van der Waals surface area contributed by atoms with Crippen LogP contribution in [0.15, 0.2) is 30.3 Å². The van der Waals surface area contributed by atoms with E-state index in [9.17, 15) is 24.3 Å². The summed E-state index contributed by atoms with van der Waals surface area (Å²) >= 11 is 0. The van der Waals surface area contributed by atoms with E-state index in [1.807, 2.05) is 37.3 Å². The Morgan fingerprint density at radius 2 is 1.65 bits per heavy atom. The van der Waals surface area contributed by atoms with Crippen molar-refractivity contribution < 1.29 is 24.3 Å². The molecule has 5 atom stereocenters. The topological polar surface area (TPSA) is 128 Å². The minimum atomic E-state index is -0.866. The number of aliphatic hydroxyl groups is 1. The highest BCUT2D eigenvalue weighted by atomic mass is 16.3. The number of rotatable bonds is 9. The number of fused-ring (bicyclic) bond motifs is 1. The van der Waals surface area contributed by atoms with Gasteiger partial charge in [-0.25, -0.2) is 0 Å². The van der Waals surface area contributed by atoms with Crippen molar-refractivity contribution in [3.63, 3.8) is 0 Å². The molecule has 2 fully saturated rings. The number of carbonyl (C=O) groups excluding carboxylic acids is 4. The number of hydrogen-bond acceptors (Lipinski definition) is 5. The molecule has 2 heterocycles. The first-order valence-electron chi connectivity index (χ1n) is 13.7. The first kappa shape index (κ1) is 28.6. The molecule has 4 amide bonds. The zero-order valence-corrected chi connectivity index (χ0v) is 22.1. The van der Waals surface area contributed by atoms with Crippen molar-refractivity contribution in [3.05, 3.63) is 35.9 Å². The summed E-state index contributed by atoms with van der Waals surface area (Å²) in [6.07, 6.45) is 6.29. The molecule has 9 heteroatoms. The van der Waals surface area contributed by atoms with Crippen LogP contribution in [0.4, 0.5) is 0 Å². The van der Waals surface area contributed by atoms with Crippen LogP contribution in [-0.2, 0) is 25.6 Å². The molecule has 3 rings (SSSR count). The highest BCUT2D eigenvalue weighted by Gasteiger charge is 2.38. The summed E-state index contributed by atoms with van der Waals surface area (Å²) in [7, 11) is 0. The summed E-state index contributed by atoms with van der Waals surface area (Å²) in [5, 5.41) is 18.2. The average Bonchev–Trinajstić information content (AvgIpc) is 2.91. The van der Waals surface area contributed by atoms with E-state index in [4.69, 9.17) is 0 Å². The summed E-state index contributed by atoms with van der Waals surface area (Å²) in [6, 6.07) is 6.26. The van der Waals surface area contributed by atoms with E-state index in [1.165, 1.54) is 0 Å². The predicted molar refractivity (Wildman–Crippen MR) is 140 cm³/mol. The molecule has 0 unspecified atom stereocenters. The fourth-order valence-electron chi connectivity index (χ4n) is 5.04. The van der Waals surface area contributed by atoms with Gasteiger partial charge in [0.15, 0.2) is 0 Å². The Morgan fingerprint density at radius 1 is 0.919 bits per heavy atom. The Bertz CT molecular complexity index is 924. The number of nitrogens with one attached hydrogen (secondary N) is 3. The summed E-state index contributed by atoms with van der Waals surface area (Å²) in [5.74, 6) is -1.44. The van der Waals surface area contributed by atoms with Crippen LogP contribution >= 0.6 is 0 Å². The molecule has 0 saturated carbocycles. The van der Waals surface area contributed by atoms with Crippen LogP contribution in [0, 0.1) is 0 Å². The highest BCUT2D eigenvalue weighted by molar-refractivity contribution is 5.97. The molecule has 2 aliphatic heterocycles. The lowest BCUT2D eigenvalue weighted by molar-refractivity contribution is -0.146. The van der Waals surface area contributed by atoms with Gasteiger partial charge in [-0.3, -0.25) is 19.2 Å². The Labute approximate surface area is 219 Å². The van der Waals surface area contributed by atoms with E-state index >= 15 is 0 Å². The van der Waals surface area contributed by atoms with Gasteiger partial charge in [0.1, 0.15) is 24.2 Å². The second kappa shape index (κ2) is 14.1. The maximum Gasteiger partial charge on any atom is 0.246 e. The van der Waals surface area contributed by atoms with Crippen molar-refractivity contribution in [2.75, 3.05) is 6.54 Å². The van der Waals surface area contributed by atoms with Gasteiger partial charge in [0.05, 0.1) is 6.10 Å². The van der Waals surface area contributed by atoms with Crippen molar-refractivity contribution >= 4 is 23.6 Å². The molecular weight excluding hydrogens is 472 g/mol. The van der Waals surface area contributed by atoms with Crippen molar-refractivity contribution in [1.82, 2.24) is 20.9 Å². The normalized spacial score (nSPS) is 26.2. The van der Waals surface area contributed by atoms with E-state index < -0.39 is 36.0 Å². The number of amides is 4. The van der Waals surface area contributed by atoms with Crippen LogP contribution in [0.2, 0.25) is 0 Å². The zero-order valence-electron chi connectivity index (χ0n) is 22.1. The van der Waals surface area contributed by atoms with E-state index in [1.54, 1.807) is 11.8 Å². The minimum absolute atomic E-state index is 0.276. The molecule has 0 aliphatic carbocycles. The SMILES string of the molecule is CC[C@@H](O)CCCCC[C@@H]1NC(=O)[C@H]2CCCCN2C(=O)[C@H](Cc2ccccc2)NC(=O)[C@H](C)NC1=O. The van der Waals surface area contributed by atoms with Gasteiger partial charge in [-0.2, -0.15) is 0 Å². The van der Waals surface area contributed by atoms with Gasteiger partial charge in [-0.15, -0.1) is 0 Å². The first-order valence-corrected chi connectivity index (χ1v) is 13.7. The molecule has 0 spiro atoms. The molecule has 0 aromatic heterocycles. The molecule has 37 heavy (non-hydrogen) atoms. The van der Waals surface area contributed by atoms with Crippen molar-refractivity contribution in [2.45, 2.75) is 108 Å². The Hall–Kier alpha value is -2.94. The fraction of sp³-hybridized carbons (Fsp3) is 0.643. The molecular formula is C28H42N4O5. The molecule has 0 bridgehead atoms. The Morgan fingerprint density at radius 3 is 2.38 bits per heavy atom. The fourth-order valence-corrected chi connectivity index (χ4v) is 5.04. The lowest BCUT2D eigenvalue weighted by atomic mass is 9.97. The molecule has 4 N–H and O–H groups in total. The molecule has 2 aliphatic rings. The third-order valence-corrected chi connectivity index (χ3v) is 7.37. The van der Waals surface area contributed by atoms with Crippen LogP contribution in [0.25, 0.3) is 0 Å². The average molecular weight is 515 g/mol. The van der Waals surface area contributed by atoms with Crippen LogP contribution in [-0.4, -0.2) is 70.5 Å². The van der Waals surface area contributed by atoms with Crippen molar-refractivity contribution in [2.24, 2.45) is 0 Å². The van der Waals surface area contributed by atoms with Gasteiger partial charge in [-0.05, 0) is 51.0 Å². The molecule has 0 radical (unpaired) electrons. The summed E-state index contributed by atoms with van der Waals surface area (Å²) in [4.78, 5) is 54.8. The van der Waals surface area contributed by atoms with Gasteiger partial charge in [-0.1, -0.05) is 56.5 Å². The monoisotopic (exact) mass is 514 g/mol. The third-order valence-electron chi connectivity index (χ3n) is 7.37. The van der Waals surface area contributed by atoms with Gasteiger partial charge < -0.3 is 26.0 Å². The molecule has 204 valence electrons. The van der Waals surface area contributed by atoms with E-state index in [0.717, 1.165) is 31.2 Å². The number of benzene rings is 1. The quantitative estimate of drug-likeness (QED) is 0.374. The predicted octanol–water partition coefficient (Wildman–Crippen LogP) is 1.82. The smallest absolute Gasteiger partial charge is 0.246 e. The maximum atomic E-state index is 13.7. The van der Waals surface area contributed by atoms with Crippen molar-refractivity contribution in [1.29, 1.82) is 0 Å². The van der Waals surface area contributed by atoms with E-state index in [0.29, 0.717) is 45.1 Å².